The number of amides is 1. The van der Waals surface area contributed by atoms with Crippen molar-refractivity contribution in [2.75, 3.05) is 0 Å². The SMILES string of the molecule is CC(NC(=O)c1ccc(Br)cc1)(C(=O)O)C(F)(F)F. The molecular formula is C11H9BrF3NO3. The van der Waals surface area contributed by atoms with Gasteiger partial charge in [0.25, 0.3) is 5.91 Å². The minimum absolute atomic E-state index is 0.0695. The number of nitrogens with one attached hydrogen (secondary N) is 1. The summed E-state index contributed by atoms with van der Waals surface area (Å²) in [4.78, 5) is 22.4. The third-order valence-electron chi connectivity index (χ3n) is 2.46. The lowest BCUT2D eigenvalue weighted by molar-refractivity contribution is -0.203. The summed E-state index contributed by atoms with van der Waals surface area (Å²) < 4.78 is 38.7. The number of carboxylic acids is 1. The smallest absolute Gasteiger partial charge is 0.422 e. The van der Waals surface area contributed by atoms with Gasteiger partial charge >= 0.3 is 12.1 Å². The summed E-state index contributed by atoms with van der Waals surface area (Å²) in [6, 6.07) is 5.47. The molecule has 1 unspecified atom stereocenters. The fourth-order valence-electron chi connectivity index (χ4n) is 1.15. The number of halogens is 4. The Morgan fingerprint density at radius 3 is 2.05 bits per heavy atom. The summed E-state index contributed by atoms with van der Waals surface area (Å²) in [5, 5.41) is 10.2. The minimum Gasteiger partial charge on any atom is -0.479 e. The Balaban J connectivity index is 3.02. The Morgan fingerprint density at radius 1 is 1.21 bits per heavy atom. The van der Waals surface area contributed by atoms with E-state index in [0.29, 0.717) is 11.4 Å². The molecule has 19 heavy (non-hydrogen) atoms. The molecular weight excluding hydrogens is 331 g/mol. The van der Waals surface area contributed by atoms with Crippen LogP contribution in [0.1, 0.15) is 17.3 Å². The van der Waals surface area contributed by atoms with E-state index in [2.05, 4.69) is 15.9 Å². The van der Waals surface area contributed by atoms with E-state index in [4.69, 9.17) is 5.11 Å². The van der Waals surface area contributed by atoms with Crippen molar-refractivity contribution in [3.05, 3.63) is 34.3 Å². The van der Waals surface area contributed by atoms with Crippen molar-refractivity contribution in [2.45, 2.75) is 18.6 Å². The topological polar surface area (TPSA) is 66.4 Å². The molecule has 0 aliphatic rings. The van der Waals surface area contributed by atoms with E-state index in [1.54, 1.807) is 0 Å². The van der Waals surface area contributed by atoms with Gasteiger partial charge in [-0.2, -0.15) is 13.2 Å². The molecule has 0 radical (unpaired) electrons. The molecule has 1 rings (SSSR count). The molecule has 2 N–H and O–H groups in total. The van der Waals surface area contributed by atoms with Gasteiger partial charge in [-0.25, -0.2) is 4.79 Å². The van der Waals surface area contributed by atoms with Gasteiger partial charge in [-0.05, 0) is 31.2 Å². The van der Waals surface area contributed by atoms with Gasteiger partial charge in [-0.3, -0.25) is 4.79 Å². The van der Waals surface area contributed by atoms with E-state index in [0.717, 1.165) is 0 Å². The van der Waals surface area contributed by atoms with E-state index in [1.165, 1.54) is 29.6 Å². The predicted octanol–water partition coefficient (Wildman–Crippen LogP) is 2.58. The number of carbonyl (C=O) groups excluding carboxylic acids is 1. The van der Waals surface area contributed by atoms with Crippen molar-refractivity contribution in [3.8, 4) is 0 Å². The van der Waals surface area contributed by atoms with E-state index in [-0.39, 0.29) is 5.56 Å². The van der Waals surface area contributed by atoms with Gasteiger partial charge < -0.3 is 10.4 Å². The summed E-state index contributed by atoms with van der Waals surface area (Å²) in [5.74, 6) is -3.29. The van der Waals surface area contributed by atoms with Gasteiger partial charge in [-0.1, -0.05) is 15.9 Å². The summed E-state index contributed by atoms with van der Waals surface area (Å²) in [6.07, 6.45) is -5.11. The van der Waals surface area contributed by atoms with Crippen molar-refractivity contribution < 1.29 is 27.9 Å². The highest BCUT2D eigenvalue weighted by Crippen LogP contribution is 2.30. The summed E-state index contributed by atoms with van der Waals surface area (Å²) in [7, 11) is 0. The monoisotopic (exact) mass is 339 g/mol. The number of alkyl halides is 3. The van der Waals surface area contributed by atoms with Crippen LogP contribution in [0.2, 0.25) is 0 Å². The Bertz CT molecular complexity index is 501. The van der Waals surface area contributed by atoms with E-state index in [9.17, 15) is 22.8 Å². The van der Waals surface area contributed by atoms with Crippen LogP contribution < -0.4 is 5.32 Å². The number of hydrogen-bond donors (Lipinski definition) is 2. The molecule has 0 aromatic heterocycles. The largest absolute Gasteiger partial charge is 0.479 e. The van der Waals surface area contributed by atoms with Crippen molar-refractivity contribution >= 4 is 27.8 Å². The predicted molar refractivity (Wildman–Crippen MR) is 63.7 cm³/mol. The summed E-state index contributed by atoms with van der Waals surface area (Å²) in [6.45, 7) is 0.395. The number of benzene rings is 1. The van der Waals surface area contributed by atoms with Gasteiger partial charge in [0.2, 0.25) is 5.54 Å². The quantitative estimate of drug-likeness (QED) is 0.889. The molecule has 0 heterocycles. The van der Waals surface area contributed by atoms with E-state index < -0.39 is 23.6 Å². The van der Waals surface area contributed by atoms with Crippen molar-refractivity contribution in [1.82, 2.24) is 5.32 Å². The van der Waals surface area contributed by atoms with Crippen LogP contribution in [0.3, 0.4) is 0 Å². The number of rotatable bonds is 3. The summed E-state index contributed by atoms with van der Waals surface area (Å²) in [5.41, 5.74) is -3.41. The van der Waals surface area contributed by atoms with Crippen LogP contribution in [0.5, 0.6) is 0 Å². The fraction of sp³-hybridized carbons (Fsp3) is 0.273. The van der Waals surface area contributed by atoms with Crippen LogP contribution in [0, 0.1) is 0 Å². The first-order valence-corrected chi connectivity index (χ1v) is 5.75. The van der Waals surface area contributed by atoms with Gasteiger partial charge in [0.15, 0.2) is 0 Å². The Kier molecular flexibility index (Phi) is 4.24. The zero-order chi connectivity index (χ0) is 14.8. The average Bonchev–Trinajstić information content (AvgIpc) is 2.27. The molecule has 0 fully saturated rings. The van der Waals surface area contributed by atoms with Gasteiger partial charge in [0, 0.05) is 10.0 Å². The maximum absolute atomic E-state index is 12.7. The van der Waals surface area contributed by atoms with Crippen LogP contribution in [0.25, 0.3) is 0 Å². The second-order valence-electron chi connectivity index (χ2n) is 3.89. The normalized spacial score (nSPS) is 14.6. The van der Waals surface area contributed by atoms with Crippen LogP contribution in [0.4, 0.5) is 13.2 Å². The molecule has 104 valence electrons. The van der Waals surface area contributed by atoms with Gasteiger partial charge in [0.05, 0.1) is 0 Å². The molecule has 0 aliphatic heterocycles. The highest BCUT2D eigenvalue weighted by atomic mass is 79.9. The first kappa shape index (κ1) is 15.5. The second kappa shape index (κ2) is 5.20. The molecule has 8 heteroatoms. The van der Waals surface area contributed by atoms with Crippen LogP contribution in [-0.2, 0) is 4.79 Å². The van der Waals surface area contributed by atoms with Crippen molar-refractivity contribution in [1.29, 1.82) is 0 Å². The zero-order valence-electron chi connectivity index (χ0n) is 9.58. The second-order valence-corrected chi connectivity index (χ2v) is 4.80. The van der Waals surface area contributed by atoms with Crippen LogP contribution >= 0.6 is 15.9 Å². The van der Waals surface area contributed by atoms with Crippen LogP contribution in [0.15, 0.2) is 28.7 Å². The standard InChI is InChI=1S/C11H9BrF3NO3/c1-10(9(18)19,11(13,14)15)16-8(17)6-2-4-7(12)5-3-6/h2-5H,1H3,(H,16,17)(H,18,19). The molecule has 1 aromatic carbocycles. The van der Waals surface area contributed by atoms with Gasteiger partial charge in [0.1, 0.15) is 0 Å². The molecule has 4 nitrogen and oxygen atoms in total. The highest BCUT2D eigenvalue weighted by molar-refractivity contribution is 9.10. The Hall–Kier alpha value is -1.57. The third kappa shape index (κ3) is 3.25. The highest BCUT2D eigenvalue weighted by Gasteiger charge is 2.58. The first-order chi connectivity index (χ1) is 8.58. The number of hydrogen-bond acceptors (Lipinski definition) is 2. The lowest BCUT2D eigenvalue weighted by Crippen LogP contribution is -2.61. The number of carboxylic acid groups (broad SMARTS) is 1. The Labute approximate surface area is 114 Å². The zero-order valence-corrected chi connectivity index (χ0v) is 11.2. The van der Waals surface area contributed by atoms with Crippen LogP contribution in [-0.4, -0.2) is 28.7 Å². The maximum Gasteiger partial charge on any atom is 0.422 e. The third-order valence-corrected chi connectivity index (χ3v) is 2.99. The molecule has 1 amide bonds. The lowest BCUT2D eigenvalue weighted by Gasteiger charge is -2.28. The van der Waals surface area contributed by atoms with Gasteiger partial charge in [-0.15, -0.1) is 0 Å². The fourth-order valence-corrected chi connectivity index (χ4v) is 1.41. The Morgan fingerprint density at radius 2 is 1.68 bits per heavy atom. The minimum atomic E-state index is -5.11. The lowest BCUT2D eigenvalue weighted by atomic mass is 10.0. The van der Waals surface area contributed by atoms with Crippen molar-refractivity contribution in [2.24, 2.45) is 0 Å². The van der Waals surface area contributed by atoms with E-state index in [1.807, 2.05) is 0 Å². The maximum atomic E-state index is 12.7. The van der Waals surface area contributed by atoms with E-state index >= 15 is 0 Å². The summed E-state index contributed by atoms with van der Waals surface area (Å²) >= 11 is 3.11. The number of carbonyl (C=O) groups is 2. The van der Waals surface area contributed by atoms with Crippen molar-refractivity contribution in [3.63, 3.8) is 0 Å². The molecule has 1 aromatic rings. The molecule has 0 saturated carbocycles. The molecule has 0 spiro atoms. The molecule has 0 saturated heterocycles. The number of aliphatic carboxylic acids is 1. The average molecular weight is 340 g/mol. The molecule has 0 bridgehead atoms. The first-order valence-electron chi connectivity index (χ1n) is 4.96. The molecule has 1 atom stereocenters. The molecule has 0 aliphatic carbocycles.